The highest BCUT2D eigenvalue weighted by Gasteiger charge is 2.27. The number of carbonyl (C=O) groups is 1. The highest BCUT2D eigenvalue weighted by Crippen LogP contribution is 2.45. The normalized spacial score (nSPS) is 13.3. The van der Waals surface area contributed by atoms with Gasteiger partial charge >= 0.3 is 6.16 Å². The number of carbonyl (C=O) groups excluding carboxylic acids is 1. The lowest BCUT2D eigenvalue weighted by atomic mass is 10.0. The minimum absolute atomic E-state index is 0.363. The molecule has 0 spiro atoms. The maximum atomic E-state index is 11.5. The van der Waals surface area contributed by atoms with Gasteiger partial charge in [-0.1, -0.05) is 38.1 Å². The molecule has 4 nitrogen and oxygen atoms in total. The zero-order chi connectivity index (χ0) is 18.5. The van der Waals surface area contributed by atoms with E-state index < -0.39 is 6.16 Å². The maximum absolute atomic E-state index is 11.5. The highest BCUT2D eigenvalue weighted by atomic mass is 16.7. The van der Waals surface area contributed by atoms with Crippen LogP contribution in [0, 0.1) is 0 Å². The summed E-state index contributed by atoms with van der Waals surface area (Å²) in [5.41, 5.74) is 4.63. The lowest BCUT2D eigenvalue weighted by molar-refractivity contribution is 0.120. The Morgan fingerprint density at radius 1 is 1.08 bits per heavy atom. The van der Waals surface area contributed by atoms with Gasteiger partial charge in [-0.3, -0.25) is 0 Å². The Labute approximate surface area is 155 Å². The van der Waals surface area contributed by atoms with Gasteiger partial charge in [0.15, 0.2) is 0 Å². The predicted molar refractivity (Wildman–Crippen MR) is 101 cm³/mol. The second-order valence-electron chi connectivity index (χ2n) is 6.59. The summed E-state index contributed by atoms with van der Waals surface area (Å²) < 4.78 is 16.1. The molecule has 2 aromatic rings. The minimum Gasteiger partial charge on any atom is -0.488 e. The van der Waals surface area contributed by atoms with Gasteiger partial charge in [0.1, 0.15) is 18.1 Å². The van der Waals surface area contributed by atoms with Crippen molar-refractivity contribution >= 4 is 6.16 Å². The second kappa shape index (κ2) is 8.26. The van der Waals surface area contributed by atoms with Crippen LogP contribution in [0.2, 0.25) is 0 Å². The van der Waals surface area contributed by atoms with Gasteiger partial charge in [0, 0.05) is 5.56 Å². The van der Waals surface area contributed by atoms with Gasteiger partial charge < -0.3 is 14.2 Å². The Morgan fingerprint density at radius 3 is 2.54 bits per heavy atom. The molecule has 0 amide bonds. The minimum atomic E-state index is -0.717. The van der Waals surface area contributed by atoms with E-state index >= 15 is 0 Å². The first kappa shape index (κ1) is 18.3. The smallest absolute Gasteiger partial charge is 0.488 e. The molecule has 1 aliphatic rings. The van der Waals surface area contributed by atoms with E-state index in [0.717, 1.165) is 29.7 Å². The number of methoxy groups -OCH3 is 1. The number of rotatable bonds is 7. The van der Waals surface area contributed by atoms with E-state index in [1.54, 1.807) is 6.07 Å². The van der Waals surface area contributed by atoms with Gasteiger partial charge in [0.05, 0.1) is 7.11 Å². The molecule has 4 heteroatoms. The molecule has 2 aromatic carbocycles. The molecule has 0 saturated heterocycles. The SMILES string of the molecule is CCc1ccc(OCc2c(CC)cccc2OC(=O)OC)c(C2CC2)c1. The third kappa shape index (κ3) is 4.18. The van der Waals surface area contributed by atoms with Gasteiger partial charge in [-0.15, -0.1) is 0 Å². The molecule has 3 rings (SSSR count). The summed E-state index contributed by atoms with van der Waals surface area (Å²) in [6, 6.07) is 12.2. The molecule has 26 heavy (non-hydrogen) atoms. The number of hydrogen-bond donors (Lipinski definition) is 0. The van der Waals surface area contributed by atoms with Crippen LogP contribution in [-0.2, 0) is 24.2 Å². The van der Waals surface area contributed by atoms with E-state index in [-0.39, 0.29) is 0 Å². The van der Waals surface area contributed by atoms with Crippen molar-refractivity contribution in [3.8, 4) is 11.5 Å². The molecule has 0 radical (unpaired) electrons. The highest BCUT2D eigenvalue weighted by molar-refractivity contribution is 5.64. The Kier molecular flexibility index (Phi) is 5.82. The van der Waals surface area contributed by atoms with Crippen LogP contribution in [0.4, 0.5) is 4.79 Å². The van der Waals surface area contributed by atoms with Crippen LogP contribution < -0.4 is 9.47 Å². The first-order chi connectivity index (χ1) is 12.7. The van der Waals surface area contributed by atoms with E-state index in [0.29, 0.717) is 18.3 Å². The second-order valence-corrected chi connectivity index (χ2v) is 6.59. The molecule has 1 saturated carbocycles. The van der Waals surface area contributed by atoms with Crippen LogP contribution in [0.3, 0.4) is 0 Å². The Balaban J connectivity index is 1.84. The zero-order valence-electron chi connectivity index (χ0n) is 15.7. The molecule has 0 atom stereocenters. The number of benzene rings is 2. The fourth-order valence-electron chi connectivity index (χ4n) is 3.15. The number of hydrogen-bond acceptors (Lipinski definition) is 4. The topological polar surface area (TPSA) is 44.8 Å². The van der Waals surface area contributed by atoms with Gasteiger partial charge in [-0.25, -0.2) is 4.79 Å². The quantitative estimate of drug-likeness (QED) is 0.492. The van der Waals surface area contributed by atoms with E-state index in [2.05, 4.69) is 36.8 Å². The van der Waals surface area contributed by atoms with Crippen molar-refractivity contribution in [1.29, 1.82) is 0 Å². The third-order valence-corrected chi connectivity index (χ3v) is 4.84. The van der Waals surface area contributed by atoms with Crippen molar-refractivity contribution in [2.45, 2.75) is 52.1 Å². The molecule has 0 bridgehead atoms. The first-order valence-electron chi connectivity index (χ1n) is 9.28. The Morgan fingerprint density at radius 2 is 1.88 bits per heavy atom. The number of ether oxygens (including phenoxy) is 3. The largest absolute Gasteiger partial charge is 0.513 e. The van der Waals surface area contributed by atoms with Crippen LogP contribution in [0.1, 0.15) is 54.9 Å². The summed E-state index contributed by atoms with van der Waals surface area (Å²) in [4.78, 5) is 11.5. The fraction of sp³-hybridized carbons (Fsp3) is 0.409. The van der Waals surface area contributed by atoms with Crippen LogP contribution in [0.15, 0.2) is 36.4 Å². The van der Waals surface area contributed by atoms with Crippen molar-refractivity contribution in [3.05, 3.63) is 58.7 Å². The van der Waals surface area contributed by atoms with Gasteiger partial charge in [-0.2, -0.15) is 0 Å². The van der Waals surface area contributed by atoms with Crippen molar-refractivity contribution < 1.29 is 19.0 Å². The zero-order valence-corrected chi connectivity index (χ0v) is 15.7. The summed E-state index contributed by atoms with van der Waals surface area (Å²) >= 11 is 0. The number of aryl methyl sites for hydroxylation is 2. The average molecular weight is 354 g/mol. The van der Waals surface area contributed by atoms with Crippen LogP contribution in [0.5, 0.6) is 11.5 Å². The molecule has 0 unspecified atom stereocenters. The van der Waals surface area contributed by atoms with Gasteiger partial charge in [0.25, 0.3) is 0 Å². The molecule has 0 aromatic heterocycles. The lowest BCUT2D eigenvalue weighted by Gasteiger charge is -2.16. The summed E-state index contributed by atoms with van der Waals surface area (Å²) in [6.07, 6.45) is 3.60. The van der Waals surface area contributed by atoms with E-state index in [1.807, 2.05) is 12.1 Å². The van der Waals surface area contributed by atoms with Gasteiger partial charge in [0.2, 0.25) is 0 Å². The summed E-state index contributed by atoms with van der Waals surface area (Å²) in [6.45, 7) is 4.61. The average Bonchev–Trinajstić information content (AvgIpc) is 3.51. The monoisotopic (exact) mass is 354 g/mol. The summed E-state index contributed by atoms with van der Waals surface area (Å²) in [5.74, 6) is 2.04. The van der Waals surface area contributed by atoms with Gasteiger partial charge in [-0.05, 0) is 60.4 Å². The maximum Gasteiger partial charge on any atom is 0.513 e. The molecular formula is C22H26O4. The molecule has 0 aliphatic heterocycles. The summed E-state index contributed by atoms with van der Waals surface area (Å²) in [5, 5.41) is 0. The molecule has 138 valence electrons. The van der Waals surface area contributed by atoms with Crippen molar-refractivity contribution in [2.75, 3.05) is 7.11 Å². The van der Waals surface area contributed by atoms with Crippen LogP contribution in [0.25, 0.3) is 0 Å². The summed E-state index contributed by atoms with van der Waals surface area (Å²) in [7, 11) is 1.30. The van der Waals surface area contributed by atoms with Crippen molar-refractivity contribution in [1.82, 2.24) is 0 Å². The van der Waals surface area contributed by atoms with Crippen molar-refractivity contribution in [3.63, 3.8) is 0 Å². The molecule has 0 N–H and O–H groups in total. The predicted octanol–water partition coefficient (Wildman–Crippen LogP) is 5.41. The molecule has 1 fully saturated rings. The lowest BCUT2D eigenvalue weighted by Crippen LogP contribution is -2.11. The fourth-order valence-corrected chi connectivity index (χ4v) is 3.15. The van der Waals surface area contributed by atoms with Crippen LogP contribution >= 0.6 is 0 Å². The third-order valence-electron chi connectivity index (χ3n) is 4.84. The molecule has 0 heterocycles. The Bertz CT molecular complexity index is 778. The van der Waals surface area contributed by atoms with E-state index in [4.69, 9.17) is 9.47 Å². The van der Waals surface area contributed by atoms with E-state index in [1.165, 1.54) is 31.1 Å². The molecule has 1 aliphatic carbocycles. The molecular weight excluding hydrogens is 328 g/mol. The Hall–Kier alpha value is -2.49. The van der Waals surface area contributed by atoms with Crippen LogP contribution in [-0.4, -0.2) is 13.3 Å². The van der Waals surface area contributed by atoms with Crippen molar-refractivity contribution in [2.24, 2.45) is 0 Å². The first-order valence-corrected chi connectivity index (χ1v) is 9.28. The van der Waals surface area contributed by atoms with E-state index in [9.17, 15) is 4.79 Å². The standard InChI is InChI=1S/C22H26O4/c1-4-15-9-12-20(18(13-15)17-10-11-17)25-14-19-16(5-2)7-6-8-21(19)26-22(23)24-3/h6-9,12-13,17H,4-5,10-11,14H2,1-3H3.